The Hall–Kier alpha value is -2.59. The molecule has 1 aliphatic heterocycles. The Morgan fingerprint density at radius 3 is 2.46 bits per heavy atom. The highest BCUT2D eigenvalue weighted by molar-refractivity contribution is 9.10. The summed E-state index contributed by atoms with van der Waals surface area (Å²) < 4.78 is 12.1. The number of rotatable bonds is 6. The second-order valence-electron chi connectivity index (χ2n) is 7.30. The summed E-state index contributed by atoms with van der Waals surface area (Å²) in [6.45, 7) is 0.149. The summed E-state index contributed by atoms with van der Waals surface area (Å²) >= 11 is 13.5. The van der Waals surface area contributed by atoms with E-state index in [1.165, 1.54) is 12.0 Å². The van der Waals surface area contributed by atoms with Gasteiger partial charge in [-0.15, -0.1) is 0 Å². The third-order valence-corrected chi connectivity index (χ3v) is 7.41. The van der Waals surface area contributed by atoms with Crippen molar-refractivity contribution in [2.24, 2.45) is 0 Å². The Balaban J connectivity index is 1.57. The number of nitrogens with zero attached hydrogens (tertiary/aromatic N) is 1. The lowest BCUT2D eigenvalue weighted by atomic mass is 10.1. The lowest BCUT2D eigenvalue weighted by Gasteiger charge is -2.13. The fraction of sp³-hybridized carbons (Fsp3) is 0.0800. The molecule has 3 aromatic rings. The summed E-state index contributed by atoms with van der Waals surface area (Å²) in [6, 6.07) is 17.2. The van der Waals surface area contributed by atoms with E-state index >= 15 is 0 Å². The predicted molar refractivity (Wildman–Crippen MR) is 143 cm³/mol. The van der Waals surface area contributed by atoms with Crippen molar-refractivity contribution in [2.75, 3.05) is 7.11 Å². The van der Waals surface area contributed by atoms with Gasteiger partial charge in [0.15, 0.2) is 11.5 Å². The van der Waals surface area contributed by atoms with Gasteiger partial charge < -0.3 is 9.47 Å². The van der Waals surface area contributed by atoms with E-state index in [0.29, 0.717) is 25.1 Å². The van der Waals surface area contributed by atoms with Gasteiger partial charge in [-0.1, -0.05) is 35.9 Å². The molecule has 1 heterocycles. The molecule has 1 fully saturated rings. The van der Waals surface area contributed by atoms with Crippen LogP contribution in [-0.4, -0.2) is 29.1 Å². The number of hydrogen-bond donors (Lipinski definition) is 0. The first-order chi connectivity index (χ1) is 16.8. The van der Waals surface area contributed by atoms with Crippen LogP contribution in [-0.2, 0) is 11.3 Å². The summed E-state index contributed by atoms with van der Waals surface area (Å²) in [6.07, 6.45) is 1.60. The minimum absolute atomic E-state index is 0.149. The molecule has 0 atom stereocenters. The SMILES string of the molecule is COc1cc(/C=C2\SC(=O)N(Cc3ccc(Cl)cc3)C2=O)cc(Br)c1OC(=O)c1ccccc1Br. The molecule has 1 aliphatic rings. The monoisotopic (exact) mass is 635 g/mol. The Bertz CT molecular complexity index is 1360. The topological polar surface area (TPSA) is 72.9 Å². The van der Waals surface area contributed by atoms with E-state index in [9.17, 15) is 14.4 Å². The number of carbonyl (C=O) groups is 3. The molecule has 0 aromatic heterocycles. The van der Waals surface area contributed by atoms with Crippen LogP contribution in [0.3, 0.4) is 0 Å². The largest absolute Gasteiger partial charge is 0.493 e. The maximum absolute atomic E-state index is 12.9. The zero-order valence-electron chi connectivity index (χ0n) is 18.1. The van der Waals surface area contributed by atoms with Gasteiger partial charge in [-0.25, -0.2) is 4.79 Å². The Kier molecular flexibility index (Phi) is 8.01. The number of methoxy groups -OCH3 is 1. The van der Waals surface area contributed by atoms with Crippen LogP contribution in [0.4, 0.5) is 4.79 Å². The molecule has 0 spiro atoms. The van der Waals surface area contributed by atoms with Crippen molar-refractivity contribution in [3.05, 3.63) is 96.2 Å². The molecule has 0 radical (unpaired) electrons. The fourth-order valence-corrected chi connectivity index (χ4v) is 5.21. The Morgan fingerprint density at radius 2 is 1.77 bits per heavy atom. The number of carbonyl (C=O) groups excluding carboxylic acids is 3. The first-order valence-corrected chi connectivity index (χ1v) is 12.9. The zero-order chi connectivity index (χ0) is 25.1. The highest BCUT2D eigenvalue weighted by Gasteiger charge is 2.35. The molecule has 0 bridgehead atoms. The lowest BCUT2D eigenvalue weighted by molar-refractivity contribution is -0.123. The molecule has 0 saturated carbocycles. The van der Waals surface area contributed by atoms with Crippen LogP contribution in [0.5, 0.6) is 11.5 Å². The van der Waals surface area contributed by atoms with Gasteiger partial charge in [0.1, 0.15) is 0 Å². The van der Waals surface area contributed by atoms with E-state index in [4.69, 9.17) is 21.1 Å². The number of thioether (sulfide) groups is 1. The van der Waals surface area contributed by atoms with Crippen molar-refractivity contribution < 1.29 is 23.9 Å². The summed E-state index contributed by atoms with van der Waals surface area (Å²) in [7, 11) is 1.45. The minimum atomic E-state index is -0.562. The molecule has 2 amide bonds. The molecular weight excluding hydrogens is 622 g/mol. The Morgan fingerprint density at radius 1 is 1.06 bits per heavy atom. The highest BCUT2D eigenvalue weighted by atomic mass is 79.9. The molecule has 6 nitrogen and oxygen atoms in total. The first-order valence-electron chi connectivity index (χ1n) is 10.1. The van der Waals surface area contributed by atoms with E-state index in [0.717, 1.165) is 17.3 Å². The molecular formula is C25H16Br2ClNO5S. The molecule has 4 rings (SSSR count). The number of halogens is 3. The van der Waals surface area contributed by atoms with Crippen molar-refractivity contribution in [1.29, 1.82) is 0 Å². The third-order valence-electron chi connectivity index (χ3n) is 4.97. The van der Waals surface area contributed by atoms with Gasteiger partial charge in [0.05, 0.1) is 28.6 Å². The average Bonchev–Trinajstić information content (AvgIpc) is 3.09. The Labute approximate surface area is 227 Å². The van der Waals surface area contributed by atoms with Gasteiger partial charge in [0, 0.05) is 9.50 Å². The maximum atomic E-state index is 12.9. The van der Waals surface area contributed by atoms with Crippen LogP contribution in [0.15, 0.2) is 74.5 Å². The van der Waals surface area contributed by atoms with E-state index in [2.05, 4.69) is 31.9 Å². The van der Waals surface area contributed by atoms with Crippen molar-refractivity contribution in [3.63, 3.8) is 0 Å². The van der Waals surface area contributed by atoms with Crippen molar-refractivity contribution in [3.8, 4) is 11.5 Å². The van der Waals surface area contributed by atoms with Gasteiger partial charge in [-0.2, -0.15) is 0 Å². The summed E-state index contributed by atoms with van der Waals surface area (Å²) in [5.41, 5.74) is 1.74. The summed E-state index contributed by atoms with van der Waals surface area (Å²) in [5.74, 6) is -0.477. The number of imide groups is 1. The van der Waals surface area contributed by atoms with Gasteiger partial charge in [-0.05, 0) is 97.2 Å². The van der Waals surface area contributed by atoms with Gasteiger partial charge >= 0.3 is 5.97 Å². The number of esters is 1. The van der Waals surface area contributed by atoms with Crippen LogP contribution in [0.1, 0.15) is 21.5 Å². The van der Waals surface area contributed by atoms with Gasteiger partial charge in [0.2, 0.25) is 0 Å². The van der Waals surface area contributed by atoms with Crippen LogP contribution >= 0.6 is 55.2 Å². The molecule has 10 heteroatoms. The average molecular weight is 638 g/mol. The van der Waals surface area contributed by atoms with Crippen LogP contribution < -0.4 is 9.47 Å². The van der Waals surface area contributed by atoms with Crippen molar-refractivity contribution in [2.45, 2.75) is 6.54 Å². The second-order valence-corrected chi connectivity index (χ2v) is 10.4. The minimum Gasteiger partial charge on any atom is -0.493 e. The fourth-order valence-electron chi connectivity index (χ4n) is 3.26. The molecule has 178 valence electrons. The summed E-state index contributed by atoms with van der Waals surface area (Å²) in [4.78, 5) is 39.5. The first kappa shape index (κ1) is 25.5. The maximum Gasteiger partial charge on any atom is 0.344 e. The molecule has 0 N–H and O–H groups in total. The van der Waals surface area contributed by atoms with Crippen LogP contribution in [0, 0.1) is 0 Å². The van der Waals surface area contributed by atoms with E-state index in [1.54, 1.807) is 66.7 Å². The number of benzene rings is 3. The number of ether oxygens (including phenoxy) is 2. The molecule has 0 aliphatic carbocycles. The molecule has 35 heavy (non-hydrogen) atoms. The van der Waals surface area contributed by atoms with Crippen molar-refractivity contribution in [1.82, 2.24) is 4.90 Å². The van der Waals surface area contributed by atoms with Gasteiger partial charge in [0.25, 0.3) is 11.1 Å². The quantitative estimate of drug-likeness (QED) is 0.160. The summed E-state index contributed by atoms with van der Waals surface area (Å²) in [5, 5.41) is 0.217. The van der Waals surface area contributed by atoms with E-state index < -0.39 is 11.9 Å². The van der Waals surface area contributed by atoms with Crippen molar-refractivity contribution >= 4 is 78.4 Å². The van der Waals surface area contributed by atoms with Crippen LogP contribution in [0.25, 0.3) is 6.08 Å². The highest BCUT2D eigenvalue weighted by Crippen LogP contribution is 2.40. The van der Waals surface area contributed by atoms with Crippen LogP contribution in [0.2, 0.25) is 5.02 Å². The zero-order valence-corrected chi connectivity index (χ0v) is 22.8. The third kappa shape index (κ3) is 5.81. The van der Waals surface area contributed by atoms with Gasteiger partial charge in [-0.3, -0.25) is 14.5 Å². The number of amides is 2. The molecule has 3 aromatic carbocycles. The standard InChI is InChI=1S/C25H16Br2ClNO5S/c1-33-20-11-15(10-19(27)22(20)34-24(31)17-4-2-3-5-18(17)26)12-21-23(30)29(25(32)35-21)13-14-6-8-16(28)9-7-14/h2-12H,13H2,1H3/b21-12-. The van der Waals surface area contributed by atoms with E-state index in [-0.39, 0.29) is 28.2 Å². The molecule has 0 unspecified atom stereocenters. The molecule has 1 saturated heterocycles. The lowest BCUT2D eigenvalue weighted by Crippen LogP contribution is -2.27. The number of hydrogen-bond acceptors (Lipinski definition) is 6. The van der Waals surface area contributed by atoms with E-state index in [1.807, 2.05) is 0 Å². The smallest absolute Gasteiger partial charge is 0.344 e. The second kappa shape index (κ2) is 11.0. The normalized spacial score (nSPS) is 14.5. The predicted octanol–water partition coefficient (Wildman–Crippen LogP) is 7.33.